The van der Waals surface area contributed by atoms with Crippen LogP contribution < -0.4 is 14.8 Å². The Bertz CT molecular complexity index is 792. The first-order valence-electron chi connectivity index (χ1n) is 9.09. The summed E-state index contributed by atoms with van der Waals surface area (Å²) in [5, 5.41) is 6.91. The van der Waals surface area contributed by atoms with E-state index in [-0.39, 0.29) is 18.0 Å². The van der Waals surface area contributed by atoms with Gasteiger partial charge in [0.05, 0.1) is 26.2 Å². The maximum atomic E-state index is 12.7. The number of piperidine rings is 1. The zero-order chi connectivity index (χ0) is 19.4. The molecule has 8 nitrogen and oxygen atoms in total. The summed E-state index contributed by atoms with van der Waals surface area (Å²) in [7, 11) is 3.19. The molecule has 1 saturated heterocycles. The van der Waals surface area contributed by atoms with E-state index in [2.05, 4.69) is 15.5 Å². The van der Waals surface area contributed by atoms with Gasteiger partial charge in [-0.15, -0.1) is 0 Å². The fourth-order valence-electron chi connectivity index (χ4n) is 3.32. The highest BCUT2D eigenvalue weighted by Gasteiger charge is 2.29. The van der Waals surface area contributed by atoms with Crippen molar-refractivity contribution in [1.29, 1.82) is 0 Å². The number of nitrogens with zero attached hydrogens (tertiary/aromatic N) is 3. The maximum absolute atomic E-state index is 12.7. The average Bonchev–Trinajstić information content (AvgIpc) is 3.13. The van der Waals surface area contributed by atoms with E-state index in [4.69, 9.17) is 14.0 Å². The van der Waals surface area contributed by atoms with Crippen molar-refractivity contribution in [3.05, 3.63) is 35.5 Å². The van der Waals surface area contributed by atoms with Crippen LogP contribution in [0.5, 0.6) is 11.5 Å². The molecule has 0 spiro atoms. The van der Waals surface area contributed by atoms with Crippen molar-refractivity contribution in [3.8, 4) is 11.5 Å². The summed E-state index contributed by atoms with van der Waals surface area (Å²) in [5.41, 5.74) is 0.946. The minimum Gasteiger partial charge on any atom is -0.493 e. The fourth-order valence-corrected chi connectivity index (χ4v) is 3.32. The van der Waals surface area contributed by atoms with E-state index in [9.17, 15) is 4.79 Å². The molecule has 1 aliphatic rings. The van der Waals surface area contributed by atoms with Crippen molar-refractivity contribution in [2.24, 2.45) is 0 Å². The molecule has 8 heteroatoms. The molecule has 0 saturated carbocycles. The lowest BCUT2D eigenvalue weighted by Gasteiger charge is -2.32. The molecule has 0 radical (unpaired) electrons. The van der Waals surface area contributed by atoms with Gasteiger partial charge in [0.25, 0.3) is 0 Å². The van der Waals surface area contributed by atoms with Crippen LogP contribution in [0, 0.1) is 6.92 Å². The number of methoxy groups -OCH3 is 2. The third-order valence-electron chi connectivity index (χ3n) is 4.85. The first-order chi connectivity index (χ1) is 13.0. The largest absolute Gasteiger partial charge is 0.493 e. The third kappa shape index (κ3) is 4.32. The topological polar surface area (TPSA) is 89.7 Å². The summed E-state index contributed by atoms with van der Waals surface area (Å²) in [6, 6.07) is 5.38. The van der Waals surface area contributed by atoms with E-state index >= 15 is 0 Å². The summed E-state index contributed by atoms with van der Waals surface area (Å²) in [6.45, 7) is 5.04. The van der Waals surface area contributed by atoms with Gasteiger partial charge in [-0.2, -0.15) is 4.98 Å². The minimum absolute atomic E-state index is 0.0853. The monoisotopic (exact) mass is 374 g/mol. The van der Waals surface area contributed by atoms with Gasteiger partial charge in [-0.05, 0) is 44.4 Å². The normalized spacial score (nSPS) is 18.1. The van der Waals surface area contributed by atoms with Crippen LogP contribution in [-0.4, -0.2) is 48.4 Å². The molecular formula is C19H26N4O4. The highest BCUT2D eigenvalue weighted by atomic mass is 16.5. The average molecular weight is 374 g/mol. The molecule has 2 aromatic rings. The lowest BCUT2D eigenvalue weighted by Crippen LogP contribution is -2.45. The number of hydrogen-bond acceptors (Lipinski definition) is 6. The Morgan fingerprint density at radius 3 is 2.78 bits per heavy atom. The molecule has 1 N–H and O–H groups in total. The van der Waals surface area contributed by atoms with Crippen molar-refractivity contribution in [2.45, 2.75) is 38.6 Å². The number of ether oxygens (including phenoxy) is 2. The number of hydrogen-bond donors (Lipinski definition) is 1. The molecule has 2 amide bonds. The highest BCUT2D eigenvalue weighted by Crippen LogP contribution is 2.30. The van der Waals surface area contributed by atoms with Gasteiger partial charge in [0.1, 0.15) is 0 Å². The molecular weight excluding hydrogens is 348 g/mol. The second kappa shape index (κ2) is 8.28. The zero-order valence-corrected chi connectivity index (χ0v) is 16.2. The number of amides is 2. The molecule has 1 aromatic carbocycles. The Morgan fingerprint density at radius 1 is 1.33 bits per heavy atom. The number of urea groups is 1. The van der Waals surface area contributed by atoms with Gasteiger partial charge in [0, 0.05) is 13.1 Å². The zero-order valence-electron chi connectivity index (χ0n) is 16.2. The summed E-state index contributed by atoms with van der Waals surface area (Å²) in [6.07, 6.45) is 1.85. The second-order valence-corrected chi connectivity index (χ2v) is 6.75. The first kappa shape index (κ1) is 19.0. The van der Waals surface area contributed by atoms with Crippen LogP contribution in [0.4, 0.5) is 4.79 Å². The summed E-state index contributed by atoms with van der Waals surface area (Å²) >= 11 is 0. The molecule has 27 heavy (non-hydrogen) atoms. The lowest BCUT2D eigenvalue weighted by atomic mass is 9.98. The Kier molecular flexibility index (Phi) is 5.83. The number of rotatable bonds is 5. The number of nitrogens with one attached hydrogen (secondary N) is 1. The third-order valence-corrected chi connectivity index (χ3v) is 4.85. The highest BCUT2D eigenvalue weighted by molar-refractivity contribution is 5.75. The van der Waals surface area contributed by atoms with E-state index in [1.165, 1.54) is 0 Å². The molecule has 1 fully saturated rings. The Morgan fingerprint density at radius 2 is 2.11 bits per heavy atom. The van der Waals surface area contributed by atoms with Crippen molar-refractivity contribution in [1.82, 2.24) is 20.4 Å². The van der Waals surface area contributed by atoms with Crippen molar-refractivity contribution in [3.63, 3.8) is 0 Å². The number of carbonyl (C=O) groups excluding carboxylic acids is 1. The van der Waals surface area contributed by atoms with Crippen LogP contribution in [0.2, 0.25) is 0 Å². The molecule has 2 unspecified atom stereocenters. The van der Waals surface area contributed by atoms with Crippen LogP contribution in [0.1, 0.15) is 49.0 Å². The predicted octanol–water partition coefficient (Wildman–Crippen LogP) is 3.05. The molecule has 3 rings (SSSR count). The Labute approximate surface area is 158 Å². The number of likely N-dealkylation sites (tertiary alicyclic amines) is 1. The molecule has 0 aliphatic carbocycles. The van der Waals surface area contributed by atoms with Crippen LogP contribution in [-0.2, 0) is 0 Å². The Balaban J connectivity index is 1.64. The van der Waals surface area contributed by atoms with Gasteiger partial charge in [0.15, 0.2) is 17.3 Å². The van der Waals surface area contributed by atoms with E-state index < -0.39 is 0 Å². The van der Waals surface area contributed by atoms with Gasteiger partial charge in [-0.25, -0.2) is 4.79 Å². The van der Waals surface area contributed by atoms with Gasteiger partial charge in [-0.3, -0.25) is 0 Å². The van der Waals surface area contributed by atoms with Crippen LogP contribution in [0.3, 0.4) is 0 Å². The van der Waals surface area contributed by atoms with Gasteiger partial charge in [-0.1, -0.05) is 11.2 Å². The number of carbonyl (C=O) groups is 1. The standard InChI is InChI=1S/C19H26N4O4/c1-12(14-7-8-16(25-3)17(10-14)26-4)20-19(24)23-9-5-6-15(11-23)18-21-13(2)22-27-18/h7-8,10,12,15H,5-6,9,11H2,1-4H3,(H,20,24). The molecule has 1 aromatic heterocycles. The molecule has 2 atom stereocenters. The maximum Gasteiger partial charge on any atom is 0.317 e. The van der Waals surface area contributed by atoms with Crippen molar-refractivity contribution >= 4 is 6.03 Å². The fraction of sp³-hybridized carbons (Fsp3) is 0.526. The summed E-state index contributed by atoms with van der Waals surface area (Å²) in [4.78, 5) is 18.9. The van der Waals surface area contributed by atoms with E-state index in [0.717, 1.165) is 18.4 Å². The van der Waals surface area contributed by atoms with E-state index in [1.807, 2.05) is 30.0 Å². The van der Waals surface area contributed by atoms with Crippen LogP contribution >= 0.6 is 0 Å². The van der Waals surface area contributed by atoms with Gasteiger partial charge >= 0.3 is 6.03 Å². The minimum atomic E-state index is -0.164. The quantitative estimate of drug-likeness (QED) is 0.865. The predicted molar refractivity (Wildman–Crippen MR) is 99.1 cm³/mol. The SMILES string of the molecule is COc1ccc(C(C)NC(=O)N2CCCC(c3nc(C)no3)C2)cc1OC. The van der Waals surface area contributed by atoms with Crippen molar-refractivity contribution < 1.29 is 18.8 Å². The number of aromatic nitrogens is 2. The molecule has 1 aliphatic heterocycles. The number of benzene rings is 1. The van der Waals surface area contributed by atoms with Crippen LogP contribution in [0.15, 0.2) is 22.7 Å². The first-order valence-corrected chi connectivity index (χ1v) is 9.09. The van der Waals surface area contributed by atoms with Gasteiger partial charge in [0.2, 0.25) is 5.89 Å². The van der Waals surface area contributed by atoms with E-state index in [0.29, 0.717) is 36.3 Å². The number of aryl methyl sites for hydroxylation is 1. The van der Waals surface area contributed by atoms with E-state index in [1.54, 1.807) is 21.1 Å². The molecule has 146 valence electrons. The summed E-state index contributed by atoms with van der Waals surface area (Å²) in [5.74, 6) is 2.61. The molecule has 0 bridgehead atoms. The van der Waals surface area contributed by atoms with Crippen LogP contribution in [0.25, 0.3) is 0 Å². The van der Waals surface area contributed by atoms with Gasteiger partial charge < -0.3 is 24.2 Å². The second-order valence-electron chi connectivity index (χ2n) is 6.75. The molecule has 2 heterocycles. The smallest absolute Gasteiger partial charge is 0.317 e. The van der Waals surface area contributed by atoms with Crippen molar-refractivity contribution in [2.75, 3.05) is 27.3 Å². The Hall–Kier alpha value is -2.77. The lowest BCUT2D eigenvalue weighted by molar-refractivity contribution is 0.169. The summed E-state index contributed by atoms with van der Waals surface area (Å²) < 4.78 is 15.9.